The minimum atomic E-state index is -0.772. The van der Waals surface area contributed by atoms with Gasteiger partial charge in [-0.05, 0) is 58.7 Å². The summed E-state index contributed by atoms with van der Waals surface area (Å²) in [5.74, 6) is -0.225. The molecule has 0 heterocycles. The van der Waals surface area contributed by atoms with Gasteiger partial charge in [-0.15, -0.1) is 0 Å². The van der Waals surface area contributed by atoms with E-state index in [0.29, 0.717) is 5.39 Å². The highest BCUT2D eigenvalue weighted by molar-refractivity contribution is 5.97. The van der Waals surface area contributed by atoms with E-state index < -0.39 is 12.2 Å². The average Bonchev–Trinajstić information content (AvgIpc) is 2.58. The number of benzene rings is 3. The van der Waals surface area contributed by atoms with E-state index >= 15 is 0 Å². The predicted molar refractivity (Wildman–Crippen MR) is 93.5 cm³/mol. The number of aryl methyl sites for hydroxylation is 2. The van der Waals surface area contributed by atoms with Crippen molar-refractivity contribution >= 4 is 10.8 Å². The maximum Gasteiger partial charge on any atom is 0.131 e. The molecule has 2 unspecified atom stereocenters. The third-order valence-corrected chi connectivity index (χ3v) is 5.21. The van der Waals surface area contributed by atoms with Crippen molar-refractivity contribution in [3.63, 3.8) is 0 Å². The Hall–Kier alpha value is -2.23. The lowest BCUT2D eigenvalue weighted by molar-refractivity contribution is -0.0164. The maximum absolute atomic E-state index is 14.5. The lowest BCUT2D eigenvalue weighted by atomic mass is 9.76. The first-order valence-electron chi connectivity index (χ1n) is 8.07. The number of fused-ring (bicyclic) bond motifs is 4. The molecule has 3 aromatic rings. The Bertz CT molecular complexity index is 962. The number of ether oxygens (including phenoxy) is 1. The molecule has 4 rings (SSSR count). The minimum Gasteiger partial charge on any atom is -0.385 e. The molecule has 0 spiro atoms. The third kappa shape index (κ3) is 1.89. The van der Waals surface area contributed by atoms with Gasteiger partial charge in [-0.3, -0.25) is 0 Å². The number of halogens is 1. The molecule has 122 valence electrons. The first-order valence-corrected chi connectivity index (χ1v) is 8.07. The highest BCUT2D eigenvalue weighted by Gasteiger charge is 2.35. The summed E-state index contributed by atoms with van der Waals surface area (Å²) in [4.78, 5) is 0. The molecule has 0 saturated heterocycles. The van der Waals surface area contributed by atoms with Gasteiger partial charge in [0.25, 0.3) is 0 Å². The van der Waals surface area contributed by atoms with Crippen LogP contribution in [-0.2, 0) is 4.74 Å². The topological polar surface area (TPSA) is 29.5 Å². The van der Waals surface area contributed by atoms with Crippen LogP contribution in [0.3, 0.4) is 0 Å². The van der Waals surface area contributed by atoms with E-state index in [9.17, 15) is 9.50 Å². The number of aliphatic hydroxyl groups excluding tert-OH is 1. The van der Waals surface area contributed by atoms with Gasteiger partial charge < -0.3 is 9.84 Å². The van der Waals surface area contributed by atoms with Crippen LogP contribution in [0.2, 0.25) is 0 Å². The van der Waals surface area contributed by atoms with Crippen LogP contribution >= 0.6 is 0 Å². The zero-order chi connectivity index (χ0) is 17.0. The molecule has 1 aliphatic rings. The second-order valence-corrected chi connectivity index (χ2v) is 6.39. The summed E-state index contributed by atoms with van der Waals surface area (Å²) in [6, 6.07) is 13.0. The summed E-state index contributed by atoms with van der Waals surface area (Å²) in [5, 5.41) is 12.5. The van der Waals surface area contributed by atoms with E-state index in [4.69, 9.17) is 4.74 Å². The van der Waals surface area contributed by atoms with Crippen LogP contribution in [0.1, 0.15) is 34.5 Å². The molecule has 3 heteroatoms. The lowest BCUT2D eigenvalue weighted by Crippen LogP contribution is -2.21. The average molecular weight is 322 g/mol. The summed E-state index contributed by atoms with van der Waals surface area (Å²) in [6.45, 7) is 3.88. The second kappa shape index (κ2) is 5.40. The number of rotatable bonds is 1. The monoisotopic (exact) mass is 322 g/mol. The second-order valence-electron chi connectivity index (χ2n) is 6.39. The van der Waals surface area contributed by atoms with E-state index in [-0.39, 0.29) is 5.82 Å². The molecule has 0 aromatic heterocycles. The van der Waals surface area contributed by atoms with Crippen molar-refractivity contribution in [3.05, 3.63) is 70.5 Å². The third-order valence-electron chi connectivity index (χ3n) is 5.21. The normalized spacial score (nSPS) is 19.2. The number of aliphatic hydroxyl groups is 1. The molecule has 0 fully saturated rings. The summed E-state index contributed by atoms with van der Waals surface area (Å²) >= 11 is 0. The van der Waals surface area contributed by atoms with Gasteiger partial charge in [0.05, 0.1) is 0 Å². The summed E-state index contributed by atoms with van der Waals surface area (Å²) < 4.78 is 20.1. The first-order chi connectivity index (χ1) is 11.6. The summed E-state index contributed by atoms with van der Waals surface area (Å²) in [6.07, 6.45) is -1.19. The molecule has 0 amide bonds. The molecule has 0 bridgehead atoms. The van der Waals surface area contributed by atoms with Gasteiger partial charge in [0.15, 0.2) is 0 Å². The van der Waals surface area contributed by atoms with Crippen molar-refractivity contribution in [2.75, 3.05) is 7.11 Å². The Kier molecular flexibility index (Phi) is 3.44. The van der Waals surface area contributed by atoms with Crippen molar-refractivity contribution in [2.24, 2.45) is 0 Å². The van der Waals surface area contributed by atoms with Gasteiger partial charge in [-0.25, -0.2) is 4.39 Å². The van der Waals surface area contributed by atoms with Gasteiger partial charge >= 0.3 is 0 Å². The molecule has 24 heavy (non-hydrogen) atoms. The van der Waals surface area contributed by atoms with E-state index in [1.807, 2.05) is 44.2 Å². The van der Waals surface area contributed by atoms with Crippen LogP contribution in [0.15, 0.2) is 42.5 Å². The van der Waals surface area contributed by atoms with Crippen molar-refractivity contribution in [1.82, 2.24) is 0 Å². The van der Waals surface area contributed by atoms with Crippen molar-refractivity contribution < 1.29 is 14.2 Å². The van der Waals surface area contributed by atoms with E-state index in [0.717, 1.165) is 38.8 Å². The van der Waals surface area contributed by atoms with Gasteiger partial charge in [-0.1, -0.05) is 36.4 Å². The Labute approximate surface area is 140 Å². The Morgan fingerprint density at radius 1 is 1.00 bits per heavy atom. The van der Waals surface area contributed by atoms with Gasteiger partial charge in [0, 0.05) is 12.5 Å². The number of hydrogen-bond acceptors (Lipinski definition) is 2. The molecular formula is C21H19FO2. The number of methoxy groups -OCH3 is 1. The van der Waals surface area contributed by atoms with E-state index in [1.54, 1.807) is 13.2 Å². The Balaban J connectivity index is 2.21. The smallest absolute Gasteiger partial charge is 0.131 e. The highest BCUT2D eigenvalue weighted by Crippen LogP contribution is 2.50. The zero-order valence-electron chi connectivity index (χ0n) is 13.9. The maximum atomic E-state index is 14.5. The number of hydrogen-bond donors (Lipinski definition) is 1. The van der Waals surface area contributed by atoms with Crippen LogP contribution in [0.5, 0.6) is 0 Å². The predicted octanol–water partition coefficient (Wildman–Crippen LogP) is 5.00. The fraction of sp³-hybridized carbons (Fsp3) is 0.238. The SMILES string of the molecule is COC1c2ccccc2-c2c(c(C)c3cccc(F)c3c2C)C1O. The van der Waals surface area contributed by atoms with Crippen LogP contribution in [0.25, 0.3) is 21.9 Å². The fourth-order valence-electron chi connectivity index (χ4n) is 4.14. The van der Waals surface area contributed by atoms with Crippen molar-refractivity contribution in [3.8, 4) is 11.1 Å². The fourth-order valence-corrected chi connectivity index (χ4v) is 4.14. The molecule has 0 saturated carbocycles. The Morgan fingerprint density at radius 2 is 1.75 bits per heavy atom. The molecule has 1 aliphatic carbocycles. The molecule has 1 N–H and O–H groups in total. The van der Waals surface area contributed by atoms with Gasteiger partial charge in [-0.2, -0.15) is 0 Å². The van der Waals surface area contributed by atoms with Crippen molar-refractivity contribution in [1.29, 1.82) is 0 Å². The lowest BCUT2D eigenvalue weighted by Gasteiger charge is -2.34. The van der Waals surface area contributed by atoms with Crippen LogP contribution < -0.4 is 0 Å². The van der Waals surface area contributed by atoms with Gasteiger partial charge in [0.1, 0.15) is 18.0 Å². The summed E-state index contributed by atoms with van der Waals surface area (Å²) in [5.41, 5.74) is 5.50. The molecular weight excluding hydrogens is 303 g/mol. The van der Waals surface area contributed by atoms with Gasteiger partial charge in [0.2, 0.25) is 0 Å². The first kappa shape index (κ1) is 15.3. The zero-order valence-corrected chi connectivity index (χ0v) is 13.9. The van der Waals surface area contributed by atoms with Crippen LogP contribution in [0, 0.1) is 19.7 Å². The summed E-state index contributed by atoms with van der Waals surface area (Å²) in [7, 11) is 1.61. The molecule has 0 radical (unpaired) electrons. The molecule has 2 atom stereocenters. The van der Waals surface area contributed by atoms with Crippen LogP contribution in [0.4, 0.5) is 4.39 Å². The standard InChI is InChI=1S/C21H19FO2/c1-11-13-9-6-10-16(22)17(13)12(2)18-14-7-4-5-8-15(14)21(24-3)20(23)19(11)18/h4-10,20-21,23H,1-3H3. The molecule has 0 aliphatic heterocycles. The van der Waals surface area contributed by atoms with Crippen LogP contribution in [-0.4, -0.2) is 12.2 Å². The minimum absolute atomic E-state index is 0.225. The quantitative estimate of drug-likeness (QED) is 0.683. The molecule has 3 aromatic carbocycles. The highest BCUT2D eigenvalue weighted by atomic mass is 19.1. The van der Waals surface area contributed by atoms with E-state index in [2.05, 4.69) is 0 Å². The van der Waals surface area contributed by atoms with E-state index in [1.165, 1.54) is 6.07 Å². The van der Waals surface area contributed by atoms with Crippen molar-refractivity contribution in [2.45, 2.75) is 26.1 Å². The molecule has 2 nitrogen and oxygen atoms in total. The Morgan fingerprint density at radius 3 is 2.50 bits per heavy atom. The largest absolute Gasteiger partial charge is 0.385 e.